The molecule has 0 aromatic heterocycles. The minimum atomic E-state index is -3.71. The number of benzene rings is 3. The molecule has 1 unspecified atom stereocenters. The van der Waals surface area contributed by atoms with Crippen molar-refractivity contribution in [3.8, 4) is 11.5 Å². The number of rotatable bonds is 10. The Balaban J connectivity index is 1.75. The summed E-state index contributed by atoms with van der Waals surface area (Å²) in [5.74, 6) is 0.893. The minimum absolute atomic E-state index is 0.349. The van der Waals surface area contributed by atoms with Crippen molar-refractivity contribution in [2.24, 2.45) is 0 Å². The number of sulfonamides is 1. The smallest absolute Gasteiger partial charge is 0.243 e. The Morgan fingerprint density at radius 2 is 1.56 bits per heavy atom. The van der Waals surface area contributed by atoms with Gasteiger partial charge in [0.15, 0.2) is 0 Å². The van der Waals surface area contributed by atoms with E-state index in [1.54, 1.807) is 31.2 Å². The van der Waals surface area contributed by atoms with E-state index in [2.05, 4.69) is 37.4 Å². The van der Waals surface area contributed by atoms with Gasteiger partial charge in [-0.05, 0) is 72.9 Å². The molecule has 0 saturated carbocycles. The number of nitrogens with zero attached hydrogens (tertiary/aromatic N) is 1. The maximum absolute atomic E-state index is 13.0. The first-order valence-electron chi connectivity index (χ1n) is 11.4. The van der Waals surface area contributed by atoms with E-state index in [9.17, 15) is 13.2 Å². The lowest BCUT2D eigenvalue weighted by molar-refractivity contribution is -0.122. The van der Waals surface area contributed by atoms with Crippen LogP contribution >= 0.6 is 0 Å². The Morgan fingerprint density at radius 3 is 2.15 bits per heavy atom. The van der Waals surface area contributed by atoms with Gasteiger partial charge in [-0.2, -0.15) is 0 Å². The Hall–Kier alpha value is -3.32. The number of ether oxygens (including phenoxy) is 1. The molecule has 3 aromatic carbocycles. The van der Waals surface area contributed by atoms with Crippen LogP contribution in [0.15, 0.2) is 72.8 Å². The second kappa shape index (κ2) is 11.2. The van der Waals surface area contributed by atoms with Gasteiger partial charge in [0.25, 0.3) is 0 Å². The summed E-state index contributed by atoms with van der Waals surface area (Å²) in [7, 11) is -3.71. The normalized spacial score (nSPS) is 12.1. The number of carbonyl (C=O) groups is 1. The Labute approximate surface area is 202 Å². The van der Waals surface area contributed by atoms with Gasteiger partial charge in [-0.3, -0.25) is 9.10 Å². The fraction of sp³-hybridized carbons (Fsp3) is 0.296. The monoisotopic (exact) mass is 480 g/mol. The summed E-state index contributed by atoms with van der Waals surface area (Å²) < 4.78 is 32.2. The number of amides is 1. The molecule has 1 amide bonds. The zero-order chi connectivity index (χ0) is 24.7. The first-order chi connectivity index (χ1) is 16.2. The lowest BCUT2D eigenvalue weighted by atomic mass is 10.0. The van der Waals surface area contributed by atoms with Crippen LogP contribution in [0, 0.1) is 0 Å². The number of nitrogens with one attached hydrogen (secondary N) is 1. The molecule has 0 fully saturated rings. The van der Waals surface area contributed by atoms with Gasteiger partial charge in [0.2, 0.25) is 15.9 Å². The van der Waals surface area contributed by atoms with Gasteiger partial charge in [-0.1, -0.05) is 50.2 Å². The summed E-state index contributed by atoms with van der Waals surface area (Å²) in [5, 5.41) is 2.92. The average molecular weight is 481 g/mol. The van der Waals surface area contributed by atoms with Gasteiger partial charge in [0.1, 0.15) is 17.5 Å². The molecule has 3 aromatic rings. The number of hydrogen-bond donors (Lipinski definition) is 1. The Bertz CT molecular complexity index is 1210. The van der Waals surface area contributed by atoms with Crippen molar-refractivity contribution in [1.82, 2.24) is 5.32 Å². The third-order valence-corrected chi connectivity index (χ3v) is 6.91. The minimum Gasteiger partial charge on any atom is -0.457 e. The van der Waals surface area contributed by atoms with Crippen LogP contribution in [0.1, 0.15) is 37.5 Å². The lowest BCUT2D eigenvalue weighted by Crippen LogP contribution is -2.47. The van der Waals surface area contributed by atoms with Crippen LogP contribution in [-0.4, -0.2) is 26.6 Å². The standard InChI is InChI=1S/C27H32N2O4S/c1-5-21-12-13-22(6-2)23(18-21)19-28-27(30)20(3)29(34(4,31)32)24-14-16-26(17-15-24)33-25-10-8-7-9-11-25/h7-18,20H,5-6,19H2,1-4H3,(H,28,30). The van der Waals surface area contributed by atoms with E-state index < -0.39 is 16.1 Å². The highest BCUT2D eigenvalue weighted by atomic mass is 32.2. The van der Waals surface area contributed by atoms with E-state index in [-0.39, 0.29) is 5.91 Å². The van der Waals surface area contributed by atoms with E-state index in [4.69, 9.17) is 4.74 Å². The highest BCUT2D eigenvalue weighted by Crippen LogP contribution is 2.27. The highest BCUT2D eigenvalue weighted by Gasteiger charge is 2.29. The third kappa shape index (κ3) is 6.38. The highest BCUT2D eigenvalue weighted by molar-refractivity contribution is 7.92. The summed E-state index contributed by atoms with van der Waals surface area (Å²) in [4.78, 5) is 13.0. The molecule has 0 aliphatic rings. The first kappa shape index (κ1) is 25.3. The van der Waals surface area contributed by atoms with Gasteiger partial charge in [0.05, 0.1) is 11.9 Å². The second-order valence-electron chi connectivity index (χ2n) is 8.17. The molecule has 0 bridgehead atoms. The summed E-state index contributed by atoms with van der Waals surface area (Å²) in [6.07, 6.45) is 2.87. The van der Waals surface area contributed by atoms with Gasteiger partial charge in [-0.15, -0.1) is 0 Å². The summed E-state index contributed by atoms with van der Waals surface area (Å²) in [5.41, 5.74) is 3.81. The SMILES string of the molecule is CCc1ccc(CC)c(CNC(=O)C(C)N(c2ccc(Oc3ccccc3)cc2)S(C)(=O)=O)c1. The maximum atomic E-state index is 13.0. The van der Waals surface area contributed by atoms with Crippen LogP contribution in [0.5, 0.6) is 11.5 Å². The lowest BCUT2D eigenvalue weighted by Gasteiger charge is -2.28. The largest absolute Gasteiger partial charge is 0.457 e. The van der Waals surface area contributed by atoms with Crippen molar-refractivity contribution >= 4 is 21.6 Å². The Kier molecular flexibility index (Phi) is 8.34. The van der Waals surface area contributed by atoms with E-state index >= 15 is 0 Å². The van der Waals surface area contributed by atoms with Crippen molar-refractivity contribution < 1.29 is 17.9 Å². The van der Waals surface area contributed by atoms with Crippen molar-refractivity contribution in [2.75, 3.05) is 10.6 Å². The molecule has 0 spiro atoms. The molecule has 3 rings (SSSR count). The molecule has 7 heteroatoms. The third-order valence-electron chi connectivity index (χ3n) is 5.67. The van der Waals surface area contributed by atoms with Gasteiger partial charge >= 0.3 is 0 Å². The molecular formula is C27H32N2O4S. The predicted molar refractivity (Wildman–Crippen MR) is 137 cm³/mol. The summed E-state index contributed by atoms with van der Waals surface area (Å²) in [6, 6.07) is 21.3. The van der Waals surface area contributed by atoms with Gasteiger partial charge in [-0.25, -0.2) is 8.42 Å². The predicted octanol–water partition coefficient (Wildman–Crippen LogP) is 5.07. The van der Waals surface area contributed by atoms with Crippen LogP contribution < -0.4 is 14.4 Å². The number of hydrogen-bond acceptors (Lipinski definition) is 4. The molecule has 0 aliphatic heterocycles. The fourth-order valence-electron chi connectivity index (χ4n) is 3.83. The summed E-state index contributed by atoms with van der Waals surface area (Å²) in [6.45, 7) is 6.10. The van der Waals surface area contributed by atoms with Crippen molar-refractivity contribution in [3.05, 3.63) is 89.5 Å². The number of para-hydroxylation sites is 1. The van der Waals surface area contributed by atoms with Crippen LogP contribution in [0.3, 0.4) is 0 Å². The molecule has 0 saturated heterocycles. The molecule has 1 N–H and O–H groups in total. The van der Waals surface area contributed by atoms with Crippen LogP contribution in [0.25, 0.3) is 0 Å². The van der Waals surface area contributed by atoms with Gasteiger partial charge in [0, 0.05) is 6.54 Å². The first-order valence-corrected chi connectivity index (χ1v) is 13.3. The number of aryl methyl sites for hydroxylation is 2. The molecule has 180 valence electrons. The molecule has 1 atom stereocenters. The fourth-order valence-corrected chi connectivity index (χ4v) is 5.01. The second-order valence-corrected chi connectivity index (χ2v) is 10.0. The molecule has 0 heterocycles. The van der Waals surface area contributed by atoms with E-state index in [1.807, 2.05) is 30.3 Å². The molecular weight excluding hydrogens is 448 g/mol. The Morgan fingerprint density at radius 1 is 0.912 bits per heavy atom. The van der Waals surface area contributed by atoms with E-state index in [1.165, 1.54) is 11.1 Å². The molecule has 34 heavy (non-hydrogen) atoms. The summed E-state index contributed by atoms with van der Waals surface area (Å²) >= 11 is 0. The van der Waals surface area contributed by atoms with E-state index in [0.717, 1.165) is 29.0 Å². The zero-order valence-electron chi connectivity index (χ0n) is 20.1. The van der Waals surface area contributed by atoms with Gasteiger partial charge < -0.3 is 10.1 Å². The molecule has 6 nitrogen and oxygen atoms in total. The maximum Gasteiger partial charge on any atom is 0.243 e. The van der Waals surface area contributed by atoms with Crippen LogP contribution in [-0.2, 0) is 34.2 Å². The number of carbonyl (C=O) groups excluding carboxylic acids is 1. The quantitative estimate of drug-likeness (QED) is 0.439. The van der Waals surface area contributed by atoms with Crippen LogP contribution in [0.4, 0.5) is 5.69 Å². The zero-order valence-corrected chi connectivity index (χ0v) is 20.9. The van der Waals surface area contributed by atoms with Crippen molar-refractivity contribution in [3.63, 3.8) is 0 Å². The van der Waals surface area contributed by atoms with Crippen LogP contribution in [0.2, 0.25) is 0 Å². The van der Waals surface area contributed by atoms with E-state index in [0.29, 0.717) is 23.7 Å². The average Bonchev–Trinajstić information content (AvgIpc) is 2.83. The molecule has 0 aliphatic carbocycles. The number of anilines is 1. The molecule has 0 radical (unpaired) electrons. The topological polar surface area (TPSA) is 75.7 Å². The van der Waals surface area contributed by atoms with Crippen molar-refractivity contribution in [2.45, 2.75) is 46.2 Å². The van der Waals surface area contributed by atoms with Crippen molar-refractivity contribution in [1.29, 1.82) is 0 Å².